The van der Waals surface area contributed by atoms with E-state index in [-0.39, 0.29) is 6.29 Å². The third-order valence-electron chi connectivity index (χ3n) is 3.27. The Balaban J connectivity index is 1.82. The van der Waals surface area contributed by atoms with Crippen LogP contribution in [-0.2, 0) is 16.1 Å². The van der Waals surface area contributed by atoms with E-state index in [1.165, 1.54) is 0 Å². The second kappa shape index (κ2) is 11.0. The molecule has 0 spiro atoms. The Morgan fingerprint density at radius 2 is 1.88 bits per heavy atom. The van der Waals surface area contributed by atoms with Gasteiger partial charge in [-0.1, -0.05) is 70.5 Å². The predicted octanol–water partition coefficient (Wildman–Crippen LogP) is 5.05. The highest BCUT2D eigenvalue weighted by atomic mass is 79.9. The van der Waals surface area contributed by atoms with E-state index in [0.29, 0.717) is 25.2 Å². The lowest BCUT2D eigenvalue weighted by atomic mass is 10.2. The summed E-state index contributed by atoms with van der Waals surface area (Å²) in [5, 5.41) is 0.664. The average Bonchev–Trinajstić information content (AvgIpc) is 2.64. The Morgan fingerprint density at radius 1 is 1.04 bits per heavy atom. The molecule has 0 aliphatic rings. The van der Waals surface area contributed by atoms with Crippen LogP contribution in [0.1, 0.15) is 18.1 Å². The van der Waals surface area contributed by atoms with Gasteiger partial charge in [0.25, 0.3) is 0 Å². The van der Waals surface area contributed by atoms with Crippen molar-refractivity contribution >= 4 is 22.0 Å². The molecule has 0 aliphatic carbocycles. The molecule has 0 fully saturated rings. The summed E-state index contributed by atoms with van der Waals surface area (Å²) in [6, 6.07) is 18.2. The van der Waals surface area contributed by atoms with Gasteiger partial charge in [0.15, 0.2) is 6.29 Å². The van der Waals surface area contributed by atoms with E-state index >= 15 is 0 Å². The third-order valence-corrected chi connectivity index (χ3v) is 3.80. The van der Waals surface area contributed by atoms with Gasteiger partial charge in [-0.3, -0.25) is 0 Å². The van der Waals surface area contributed by atoms with Crippen LogP contribution < -0.4 is 4.74 Å². The van der Waals surface area contributed by atoms with Crippen LogP contribution in [0.4, 0.5) is 0 Å². The molecule has 3 nitrogen and oxygen atoms in total. The number of benzene rings is 2. The molecule has 128 valence electrons. The summed E-state index contributed by atoms with van der Waals surface area (Å²) in [7, 11) is 0. The molecule has 0 aliphatic heterocycles. The van der Waals surface area contributed by atoms with E-state index in [1.54, 1.807) is 0 Å². The van der Waals surface area contributed by atoms with Crippen LogP contribution in [0.25, 0.3) is 6.08 Å². The maximum atomic E-state index is 5.84. The molecule has 1 atom stereocenters. The SMILES string of the molecule is CCOC(CBr)OC/C=C/c1cccc(OCc2ccccc2)c1. The number of hydrogen-bond donors (Lipinski definition) is 0. The van der Waals surface area contributed by atoms with Gasteiger partial charge in [-0.25, -0.2) is 0 Å². The van der Waals surface area contributed by atoms with Crippen molar-refractivity contribution in [2.75, 3.05) is 18.5 Å². The Hall–Kier alpha value is -1.62. The Bertz CT molecular complexity index is 613. The molecule has 2 aromatic carbocycles. The monoisotopic (exact) mass is 390 g/mol. The predicted molar refractivity (Wildman–Crippen MR) is 101 cm³/mol. The Labute approximate surface area is 152 Å². The molecular weight excluding hydrogens is 368 g/mol. The number of halogens is 1. The highest BCUT2D eigenvalue weighted by molar-refractivity contribution is 9.09. The Kier molecular flexibility index (Phi) is 8.60. The summed E-state index contributed by atoms with van der Waals surface area (Å²) in [5.74, 6) is 0.856. The number of rotatable bonds is 10. The fourth-order valence-corrected chi connectivity index (χ4v) is 2.49. The molecule has 0 N–H and O–H groups in total. The standard InChI is InChI=1S/C20H23BrO3/c1-2-22-20(15-21)23-13-7-11-17-10-6-12-19(14-17)24-16-18-8-4-3-5-9-18/h3-12,14,20H,2,13,15-16H2,1H3/b11-7+. The van der Waals surface area contributed by atoms with E-state index in [0.717, 1.165) is 16.9 Å². The zero-order valence-electron chi connectivity index (χ0n) is 13.9. The molecule has 2 rings (SSSR count). The van der Waals surface area contributed by atoms with Crippen molar-refractivity contribution in [3.05, 3.63) is 71.8 Å². The van der Waals surface area contributed by atoms with Crippen molar-refractivity contribution in [2.45, 2.75) is 19.8 Å². The van der Waals surface area contributed by atoms with Crippen molar-refractivity contribution in [1.82, 2.24) is 0 Å². The fourth-order valence-electron chi connectivity index (χ4n) is 2.12. The molecule has 1 unspecified atom stereocenters. The van der Waals surface area contributed by atoms with E-state index in [2.05, 4.69) is 28.1 Å². The Morgan fingerprint density at radius 3 is 2.62 bits per heavy atom. The smallest absolute Gasteiger partial charge is 0.167 e. The highest BCUT2D eigenvalue weighted by Crippen LogP contribution is 2.16. The number of hydrogen-bond acceptors (Lipinski definition) is 3. The van der Waals surface area contributed by atoms with Gasteiger partial charge in [0.1, 0.15) is 12.4 Å². The van der Waals surface area contributed by atoms with E-state index in [4.69, 9.17) is 14.2 Å². The topological polar surface area (TPSA) is 27.7 Å². The van der Waals surface area contributed by atoms with Crippen molar-refractivity contribution in [3.63, 3.8) is 0 Å². The van der Waals surface area contributed by atoms with Gasteiger partial charge >= 0.3 is 0 Å². The average molecular weight is 391 g/mol. The minimum absolute atomic E-state index is 0.208. The van der Waals surface area contributed by atoms with E-state index in [9.17, 15) is 0 Å². The van der Waals surface area contributed by atoms with Crippen LogP contribution >= 0.6 is 15.9 Å². The lowest BCUT2D eigenvalue weighted by Gasteiger charge is -2.13. The van der Waals surface area contributed by atoms with Gasteiger partial charge in [0, 0.05) is 6.61 Å². The summed E-state index contributed by atoms with van der Waals surface area (Å²) in [6.07, 6.45) is 3.79. The minimum Gasteiger partial charge on any atom is -0.489 e. The van der Waals surface area contributed by atoms with Crippen molar-refractivity contribution < 1.29 is 14.2 Å². The fraction of sp³-hybridized carbons (Fsp3) is 0.300. The maximum Gasteiger partial charge on any atom is 0.167 e. The molecule has 0 bridgehead atoms. The van der Waals surface area contributed by atoms with E-state index in [1.807, 2.05) is 61.5 Å². The van der Waals surface area contributed by atoms with Crippen molar-refractivity contribution in [3.8, 4) is 5.75 Å². The molecule has 4 heteroatoms. The van der Waals surface area contributed by atoms with Crippen LogP contribution in [0.5, 0.6) is 5.75 Å². The first-order valence-electron chi connectivity index (χ1n) is 8.04. The molecular formula is C20H23BrO3. The minimum atomic E-state index is -0.208. The van der Waals surface area contributed by atoms with Crippen molar-refractivity contribution in [2.24, 2.45) is 0 Å². The van der Waals surface area contributed by atoms with Crippen LogP contribution in [0.3, 0.4) is 0 Å². The highest BCUT2D eigenvalue weighted by Gasteiger charge is 2.04. The van der Waals surface area contributed by atoms with Gasteiger partial charge in [-0.15, -0.1) is 0 Å². The van der Waals surface area contributed by atoms with Gasteiger partial charge in [0.2, 0.25) is 0 Å². The molecule has 0 saturated carbocycles. The van der Waals surface area contributed by atoms with Crippen LogP contribution in [-0.4, -0.2) is 24.8 Å². The lowest BCUT2D eigenvalue weighted by Crippen LogP contribution is -2.18. The summed E-state index contributed by atoms with van der Waals surface area (Å²) in [6.45, 7) is 3.67. The molecule has 0 saturated heterocycles. The number of alkyl halides is 1. The summed E-state index contributed by atoms with van der Waals surface area (Å²) in [5.41, 5.74) is 2.24. The normalized spacial score (nSPS) is 12.4. The second-order valence-electron chi connectivity index (χ2n) is 5.12. The summed E-state index contributed by atoms with van der Waals surface area (Å²) >= 11 is 3.37. The summed E-state index contributed by atoms with van der Waals surface area (Å²) < 4.78 is 16.9. The van der Waals surface area contributed by atoms with E-state index < -0.39 is 0 Å². The summed E-state index contributed by atoms with van der Waals surface area (Å²) in [4.78, 5) is 0. The van der Waals surface area contributed by atoms with Crippen molar-refractivity contribution in [1.29, 1.82) is 0 Å². The third kappa shape index (κ3) is 6.87. The maximum absolute atomic E-state index is 5.84. The van der Waals surface area contributed by atoms with Crippen LogP contribution in [0, 0.1) is 0 Å². The van der Waals surface area contributed by atoms with Gasteiger partial charge in [0.05, 0.1) is 11.9 Å². The quantitative estimate of drug-likeness (QED) is 0.419. The van der Waals surface area contributed by atoms with Gasteiger partial charge < -0.3 is 14.2 Å². The second-order valence-corrected chi connectivity index (χ2v) is 5.77. The first-order chi connectivity index (χ1) is 11.8. The molecule has 0 aromatic heterocycles. The first-order valence-corrected chi connectivity index (χ1v) is 9.16. The molecule has 0 radical (unpaired) electrons. The molecule has 2 aromatic rings. The molecule has 24 heavy (non-hydrogen) atoms. The van der Waals surface area contributed by atoms with Crippen LogP contribution in [0.2, 0.25) is 0 Å². The largest absolute Gasteiger partial charge is 0.489 e. The van der Waals surface area contributed by atoms with Gasteiger partial charge in [-0.2, -0.15) is 0 Å². The number of ether oxygens (including phenoxy) is 3. The molecule has 0 amide bonds. The van der Waals surface area contributed by atoms with Crippen LogP contribution in [0.15, 0.2) is 60.7 Å². The lowest BCUT2D eigenvalue weighted by molar-refractivity contribution is -0.114. The van der Waals surface area contributed by atoms with Gasteiger partial charge in [-0.05, 0) is 30.2 Å². The zero-order valence-corrected chi connectivity index (χ0v) is 15.4. The zero-order chi connectivity index (χ0) is 17.0. The molecule has 0 heterocycles. The first kappa shape index (κ1) is 18.7.